The molecule has 0 amide bonds. The Bertz CT molecular complexity index is 999. The number of rotatable bonds is 5. The van der Waals surface area contributed by atoms with Crippen LogP contribution in [0.3, 0.4) is 0 Å². The Kier molecular flexibility index (Phi) is 5.55. The van der Waals surface area contributed by atoms with Crippen molar-refractivity contribution in [3.8, 4) is 5.69 Å². The van der Waals surface area contributed by atoms with Gasteiger partial charge in [-0.25, -0.2) is 22.8 Å². The summed E-state index contributed by atoms with van der Waals surface area (Å²) in [5, 5.41) is 4.22. The first-order valence-corrected chi connectivity index (χ1v) is 10.0. The Balaban J connectivity index is 1.84. The molecule has 10 heteroatoms. The van der Waals surface area contributed by atoms with Gasteiger partial charge >= 0.3 is 0 Å². The lowest BCUT2D eigenvalue weighted by atomic mass is 10.1. The highest BCUT2D eigenvalue weighted by atomic mass is 35.5. The van der Waals surface area contributed by atoms with Gasteiger partial charge in [-0.3, -0.25) is 0 Å². The van der Waals surface area contributed by atoms with Crippen LogP contribution in [0, 0.1) is 0 Å². The van der Waals surface area contributed by atoms with Crippen LogP contribution in [-0.2, 0) is 10.0 Å². The lowest BCUT2D eigenvalue weighted by molar-refractivity contribution is 0.567. The van der Waals surface area contributed by atoms with Crippen molar-refractivity contribution >= 4 is 44.8 Å². The van der Waals surface area contributed by atoms with E-state index >= 15 is 0 Å². The van der Waals surface area contributed by atoms with Gasteiger partial charge in [0.15, 0.2) is 0 Å². The maximum atomic E-state index is 12.7. The molecule has 6 nitrogen and oxygen atoms in total. The molecule has 2 aromatic carbocycles. The van der Waals surface area contributed by atoms with E-state index in [0.717, 1.165) is 11.3 Å². The number of sulfonamides is 1. The van der Waals surface area contributed by atoms with E-state index < -0.39 is 16.1 Å². The number of hydrogen-bond donors (Lipinski definition) is 1. The molecule has 0 aliphatic carbocycles. The maximum Gasteiger partial charge on any atom is 0.244 e. The summed E-state index contributed by atoms with van der Waals surface area (Å²) in [7, 11) is -3.94. The van der Waals surface area contributed by atoms with Crippen molar-refractivity contribution in [2.75, 3.05) is 0 Å². The maximum absolute atomic E-state index is 12.7. The first-order valence-electron chi connectivity index (χ1n) is 7.40. The summed E-state index contributed by atoms with van der Waals surface area (Å²) >= 11 is 17.9. The lowest BCUT2D eigenvalue weighted by Gasteiger charge is -2.17. The molecule has 3 aromatic rings. The second-order valence-electron chi connectivity index (χ2n) is 5.47. The fourth-order valence-electron chi connectivity index (χ4n) is 2.40. The average molecular weight is 432 g/mol. The summed E-state index contributed by atoms with van der Waals surface area (Å²) in [6.45, 7) is 1.72. The van der Waals surface area contributed by atoms with Gasteiger partial charge in [-0.1, -0.05) is 46.9 Å². The number of nitrogens with one attached hydrogen (secondary N) is 1. The van der Waals surface area contributed by atoms with Crippen LogP contribution in [0.1, 0.15) is 18.5 Å². The third-order valence-corrected chi connectivity index (χ3v) is 6.32. The standard InChI is InChI=1S/C16H13Cl3N4O2S/c1-10(11-2-4-13(5-3-11)23-9-20-8-21-23)22-26(24,25)16-14(18)6-12(17)7-15(16)19/h2-10,22H,1H3. The van der Waals surface area contributed by atoms with E-state index in [2.05, 4.69) is 14.8 Å². The minimum atomic E-state index is -3.94. The molecule has 1 atom stereocenters. The Morgan fingerprint density at radius 3 is 2.23 bits per heavy atom. The van der Waals surface area contributed by atoms with Gasteiger partial charge in [0.2, 0.25) is 10.0 Å². The Hall–Kier alpha value is -1.64. The van der Waals surface area contributed by atoms with Crippen LogP contribution in [-0.4, -0.2) is 23.2 Å². The summed E-state index contributed by atoms with van der Waals surface area (Å²) in [6, 6.07) is 9.40. The van der Waals surface area contributed by atoms with Crippen LogP contribution in [0.25, 0.3) is 5.69 Å². The van der Waals surface area contributed by atoms with Crippen molar-refractivity contribution in [3.05, 3.63) is 69.7 Å². The lowest BCUT2D eigenvalue weighted by Crippen LogP contribution is -2.27. The van der Waals surface area contributed by atoms with Crippen molar-refractivity contribution < 1.29 is 8.42 Å². The molecule has 0 saturated carbocycles. The average Bonchev–Trinajstić information content (AvgIpc) is 3.07. The van der Waals surface area contributed by atoms with Gasteiger partial charge in [-0.15, -0.1) is 0 Å². The summed E-state index contributed by atoms with van der Waals surface area (Å²) in [5.41, 5.74) is 1.57. The number of benzene rings is 2. The first-order chi connectivity index (χ1) is 12.3. The molecule has 1 aromatic heterocycles. The summed E-state index contributed by atoms with van der Waals surface area (Å²) < 4.78 is 29.5. The van der Waals surface area contributed by atoms with Crippen LogP contribution < -0.4 is 4.72 Å². The first kappa shape index (κ1) is 19.1. The van der Waals surface area contributed by atoms with Crippen LogP contribution in [0.4, 0.5) is 0 Å². The van der Waals surface area contributed by atoms with E-state index in [4.69, 9.17) is 34.8 Å². The molecule has 136 valence electrons. The van der Waals surface area contributed by atoms with Crippen LogP contribution in [0.2, 0.25) is 15.1 Å². The van der Waals surface area contributed by atoms with E-state index in [1.54, 1.807) is 30.1 Å². The Morgan fingerprint density at radius 2 is 1.69 bits per heavy atom. The molecule has 0 radical (unpaired) electrons. The van der Waals surface area contributed by atoms with Crippen molar-refractivity contribution in [2.24, 2.45) is 0 Å². The zero-order valence-corrected chi connectivity index (χ0v) is 16.5. The second kappa shape index (κ2) is 7.54. The van der Waals surface area contributed by atoms with Crippen LogP contribution in [0.15, 0.2) is 53.9 Å². The minimum Gasteiger partial charge on any atom is -0.223 e. The molecule has 26 heavy (non-hydrogen) atoms. The topological polar surface area (TPSA) is 76.9 Å². The van der Waals surface area contributed by atoms with E-state index in [1.165, 1.54) is 18.5 Å². The smallest absolute Gasteiger partial charge is 0.223 e. The fourth-order valence-corrected chi connectivity index (χ4v) is 5.18. The van der Waals surface area contributed by atoms with Gasteiger partial charge in [-0.05, 0) is 36.8 Å². The Morgan fingerprint density at radius 1 is 1.08 bits per heavy atom. The highest BCUT2D eigenvalue weighted by Crippen LogP contribution is 2.33. The molecule has 1 N–H and O–H groups in total. The summed E-state index contributed by atoms with van der Waals surface area (Å²) in [4.78, 5) is 3.69. The van der Waals surface area contributed by atoms with E-state index in [0.29, 0.717) is 0 Å². The molecule has 0 spiro atoms. The van der Waals surface area contributed by atoms with Gasteiger partial charge < -0.3 is 0 Å². The molecular weight excluding hydrogens is 419 g/mol. The van der Waals surface area contributed by atoms with Gasteiger partial charge in [-0.2, -0.15) is 5.10 Å². The van der Waals surface area contributed by atoms with Gasteiger partial charge in [0.25, 0.3) is 0 Å². The highest BCUT2D eigenvalue weighted by molar-refractivity contribution is 7.89. The molecule has 1 heterocycles. The molecule has 0 aliphatic heterocycles. The predicted octanol–water partition coefficient (Wildman–Crippen LogP) is 4.27. The molecule has 0 bridgehead atoms. The molecule has 1 unspecified atom stereocenters. The highest BCUT2D eigenvalue weighted by Gasteiger charge is 2.24. The third-order valence-electron chi connectivity index (χ3n) is 3.64. The number of nitrogens with zero attached hydrogens (tertiary/aromatic N) is 3. The van der Waals surface area contributed by atoms with E-state index in [9.17, 15) is 8.42 Å². The molecule has 3 rings (SSSR count). The van der Waals surface area contributed by atoms with Crippen molar-refractivity contribution in [1.29, 1.82) is 0 Å². The van der Waals surface area contributed by atoms with Crippen molar-refractivity contribution in [2.45, 2.75) is 17.9 Å². The fraction of sp³-hybridized carbons (Fsp3) is 0.125. The van der Waals surface area contributed by atoms with E-state index in [1.807, 2.05) is 12.1 Å². The normalized spacial score (nSPS) is 12.9. The second-order valence-corrected chi connectivity index (χ2v) is 8.37. The molecule has 0 saturated heterocycles. The largest absolute Gasteiger partial charge is 0.244 e. The van der Waals surface area contributed by atoms with Crippen LogP contribution in [0.5, 0.6) is 0 Å². The monoisotopic (exact) mass is 430 g/mol. The van der Waals surface area contributed by atoms with Crippen molar-refractivity contribution in [3.63, 3.8) is 0 Å². The van der Waals surface area contributed by atoms with Gasteiger partial charge in [0.05, 0.1) is 15.7 Å². The number of hydrogen-bond acceptors (Lipinski definition) is 4. The quantitative estimate of drug-likeness (QED) is 0.654. The molecular formula is C16H13Cl3N4O2S. The third kappa shape index (κ3) is 4.02. The summed E-state index contributed by atoms with van der Waals surface area (Å²) in [5.74, 6) is 0. The SMILES string of the molecule is CC(NS(=O)(=O)c1c(Cl)cc(Cl)cc1Cl)c1ccc(-n2cncn2)cc1. The van der Waals surface area contributed by atoms with Crippen LogP contribution >= 0.6 is 34.8 Å². The predicted molar refractivity (Wildman–Crippen MR) is 102 cm³/mol. The van der Waals surface area contributed by atoms with Crippen molar-refractivity contribution in [1.82, 2.24) is 19.5 Å². The van der Waals surface area contributed by atoms with E-state index in [-0.39, 0.29) is 20.0 Å². The summed E-state index contributed by atoms with van der Waals surface area (Å²) in [6.07, 6.45) is 3.01. The molecule has 0 fully saturated rings. The number of halogens is 3. The zero-order chi connectivity index (χ0) is 18.9. The van der Waals surface area contributed by atoms with Gasteiger partial charge in [0.1, 0.15) is 17.6 Å². The minimum absolute atomic E-state index is 0.0382. The van der Waals surface area contributed by atoms with Gasteiger partial charge in [0, 0.05) is 11.1 Å². The Labute approximate surface area is 165 Å². The zero-order valence-electron chi connectivity index (χ0n) is 13.4. The number of aromatic nitrogens is 3. The molecule has 0 aliphatic rings.